The van der Waals surface area contributed by atoms with Crippen LogP contribution in [-0.2, 0) is 9.59 Å². The van der Waals surface area contributed by atoms with Gasteiger partial charge in [-0.3, -0.25) is 19.8 Å². The monoisotopic (exact) mass is 426 g/mol. The smallest absolute Gasteiger partial charge is 0.335 e. The van der Waals surface area contributed by atoms with Crippen molar-refractivity contribution in [2.45, 2.75) is 6.92 Å². The van der Waals surface area contributed by atoms with Gasteiger partial charge in [0.1, 0.15) is 17.1 Å². The summed E-state index contributed by atoms with van der Waals surface area (Å²) >= 11 is 5.15. The van der Waals surface area contributed by atoms with Crippen LogP contribution in [0.2, 0.25) is 0 Å². The van der Waals surface area contributed by atoms with Crippen molar-refractivity contribution < 1.29 is 29.0 Å². The molecule has 9 heteroatoms. The lowest BCUT2D eigenvalue weighted by Gasteiger charge is -2.29. The van der Waals surface area contributed by atoms with Crippen molar-refractivity contribution in [3.63, 3.8) is 0 Å². The average Bonchev–Trinajstić information content (AvgIpc) is 2.71. The van der Waals surface area contributed by atoms with Gasteiger partial charge in [0, 0.05) is 11.1 Å². The van der Waals surface area contributed by atoms with Gasteiger partial charge in [0.15, 0.2) is 5.11 Å². The second-order valence-corrected chi connectivity index (χ2v) is 6.72. The van der Waals surface area contributed by atoms with Gasteiger partial charge in [-0.15, -0.1) is 0 Å². The van der Waals surface area contributed by atoms with Crippen LogP contribution in [0.3, 0.4) is 0 Å². The molecule has 0 radical (unpaired) electrons. The summed E-state index contributed by atoms with van der Waals surface area (Å²) in [7, 11) is 3.01. The zero-order valence-corrected chi connectivity index (χ0v) is 17.2. The number of carbonyl (C=O) groups excluding carboxylic acids is 2. The van der Waals surface area contributed by atoms with Crippen LogP contribution in [0.4, 0.5) is 5.69 Å². The number of carbonyl (C=O) groups is 3. The van der Waals surface area contributed by atoms with E-state index in [4.69, 9.17) is 21.7 Å². The van der Waals surface area contributed by atoms with Gasteiger partial charge in [0.2, 0.25) is 0 Å². The molecule has 0 aromatic heterocycles. The van der Waals surface area contributed by atoms with Crippen molar-refractivity contribution in [3.05, 3.63) is 58.7 Å². The van der Waals surface area contributed by atoms with E-state index in [0.717, 1.165) is 4.90 Å². The van der Waals surface area contributed by atoms with Gasteiger partial charge in [-0.05, 0) is 55.5 Å². The van der Waals surface area contributed by atoms with Crippen LogP contribution < -0.4 is 19.7 Å². The number of nitrogens with zero attached hydrogens (tertiary/aromatic N) is 1. The van der Waals surface area contributed by atoms with Gasteiger partial charge >= 0.3 is 5.97 Å². The molecule has 1 saturated heterocycles. The fourth-order valence-corrected chi connectivity index (χ4v) is 3.41. The number of benzene rings is 2. The number of aromatic carboxylic acids is 1. The molecule has 2 aromatic carbocycles. The topological polar surface area (TPSA) is 105 Å². The van der Waals surface area contributed by atoms with Gasteiger partial charge in [-0.25, -0.2) is 4.79 Å². The van der Waals surface area contributed by atoms with Gasteiger partial charge in [0.25, 0.3) is 11.8 Å². The first-order valence-corrected chi connectivity index (χ1v) is 9.15. The summed E-state index contributed by atoms with van der Waals surface area (Å²) < 4.78 is 10.7. The molecule has 0 saturated carbocycles. The molecule has 154 valence electrons. The van der Waals surface area contributed by atoms with Crippen LogP contribution in [0.15, 0.2) is 42.0 Å². The normalized spacial score (nSPS) is 15.2. The summed E-state index contributed by atoms with van der Waals surface area (Å²) in [5, 5.41) is 11.5. The van der Waals surface area contributed by atoms with Crippen LogP contribution in [-0.4, -0.2) is 42.2 Å². The zero-order valence-electron chi connectivity index (χ0n) is 16.4. The van der Waals surface area contributed by atoms with Gasteiger partial charge in [-0.1, -0.05) is 6.07 Å². The Hall–Kier alpha value is -3.72. The molecule has 0 atom stereocenters. The molecule has 0 bridgehead atoms. The van der Waals surface area contributed by atoms with Crippen LogP contribution in [0, 0.1) is 6.92 Å². The predicted octanol–water partition coefficient (Wildman–Crippen LogP) is 2.54. The number of thiocarbonyl (C=S) groups is 1. The fraction of sp³-hybridized carbons (Fsp3) is 0.143. The third kappa shape index (κ3) is 3.74. The third-order valence-corrected chi connectivity index (χ3v) is 4.85. The quantitative estimate of drug-likeness (QED) is 0.430. The molecule has 3 rings (SSSR count). The molecule has 0 unspecified atom stereocenters. The molecular weight excluding hydrogens is 408 g/mol. The number of rotatable bonds is 5. The molecule has 2 N–H and O–H groups in total. The highest BCUT2D eigenvalue weighted by molar-refractivity contribution is 7.80. The lowest BCUT2D eigenvalue weighted by molar-refractivity contribution is -0.122. The minimum Gasteiger partial charge on any atom is -0.496 e. The van der Waals surface area contributed by atoms with Crippen molar-refractivity contribution in [3.8, 4) is 11.5 Å². The van der Waals surface area contributed by atoms with Gasteiger partial charge < -0.3 is 14.6 Å². The minimum absolute atomic E-state index is 0.0158. The maximum Gasteiger partial charge on any atom is 0.335 e. The van der Waals surface area contributed by atoms with Crippen molar-refractivity contribution >= 4 is 46.9 Å². The number of hydrogen-bond donors (Lipinski definition) is 2. The number of anilines is 1. The Morgan fingerprint density at radius 2 is 1.90 bits per heavy atom. The Morgan fingerprint density at radius 3 is 2.53 bits per heavy atom. The fourth-order valence-electron chi connectivity index (χ4n) is 3.13. The van der Waals surface area contributed by atoms with Gasteiger partial charge in [-0.2, -0.15) is 0 Å². The van der Waals surface area contributed by atoms with E-state index in [9.17, 15) is 19.5 Å². The van der Waals surface area contributed by atoms with Crippen LogP contribution in [0.1, 0.15) is 21.5 Å². The molecule has 0 spiro atoms. The highest BCUT2D eigenvalue weighted by atomic mass is 32.1. The molecule has 8 nitrogen and oxygen atoms in total. The first kappa shape index (κ1) is 21.0. The summed E-state index contributed by atoms with van der Waals surface area (Å²) in [6.07, 6.45) is 1.40. The molecule has 2 aromatic rings. The van der Waals surface area contributed by atoms with E-state index in [-0.39, 0.29) is 21.9 Å². The molecule has 1 aliphatic rings. The van der Waals surface area contributed by atoms with Crippen LogP contribution >= 0.6 is 12.2 Å². The predicted molar refractivity (Wildman–Crippen MR) is 114 cm³/mol. The summed E-state index contributed by atoms with van der Waals surface area (Å²) in [6.45, 7) is 1.79. The van der Waals surface area contributed by atoms with Crippen LogP contribution in [0.25, 0.3) is 6.08 Å². The summed E-state index contributed by atoms with van der Waals surface area (Å²) in [6, 6.07) is 9.09. The van der Waals surface area contributed by atoms with Crippen molar-refractivity contribution in [2.24, 2.45) is 0 Å². The average molecular weight is 426 g/mol. The Labute approximate surface area is 177 Å². The molecule has 1 heterocycles. The van der Waals surface area contributed by atoms with Gasteiger partial charge in [0.05, 0.1) is 25.5 Å². The maximum atomic E-state index is 13.1. The molecule has 1 aliphatic heterocycles. The molecule has 2 amide bonds. The maximum absolute atomic E-state index is 13.1. The SMILES string of the molecule is COc1ccc(C=C2C(=O)NC(=S)N(c3cccc(C(=O)O)c3)C2=O)c(OC)c1C. The minimum atomic E-state index is -1.15. The zero-order chi connectivity index (χ0) is 22.0. The lowest BCUT2D eigenvalue weighted by Crippen LogP contribution is -2.54. The summed E-state index contributed by atoms with van der Waals surface area (Å²) in [4.78, 5) is 38.0. The highest BCUT2D eigenvalue weighted by Crippen LogP contribution is 2.33. The summed E-state index contributed by atoms with van der Waals surface area (Å²) in [5.74, 6) is -1.44. The number of nitrogens with one attached hydrogen (secondary N) is 1. The second-order valence-electron chi connectivity index (χ2n) is 6.33. The molecular formula is C21H18N2O6S. The van der Waals surface area contributed by atoms with E-state index >= 15 is 0 Å². The number of methoxy groups -OCH3 is 2. The number of carboxylic acids is 1. The standard InChI is InChI=1S/C21H18N2O6S/c1-11-16(28-2)8-7-12(17(11)29-3)10-15-18(24)22-21(30)23(19(15)25)14-6-4-5-13(9-14)20(26)27/h4-10H,1-3H3,(H,26,27)(H,22,24,30). The number of amides is 2. The number of ether oxygens (including phenoxy) is 2. The Balaban J connectivity index is 2.08. The van der Waals surface area contributed by atoms with E-state index in [2.05, 4.69) is 5.32 Å². The van der Waals surface area contributed by atoms with E-state index in [1.807, 2.05) is 0 Å². The van der Waals surface area contributed by atoms with E-state index in [1.54, 1.807) is 19.1 Å². The van der Waals surface area contributed by atoms with Crippen molar-refractivity contribution in [1.29, 1.82) is 0 Å². The second kappa shape index (κ2) is 8.34. The first-order chi connectivity index (χ1) is 14.3. The molecule has 0 aliphatic carbocycles. The van der Waals surface area contributed by atoms with Crippen molar-refractivity contribution in [2.75, 3.05) is 19.1 Å². The number of carboxylic acid groups (broad SMARTS) is 1. The van der Waals surface area contributed by atoms with Crippen molar-refractivity contribution in [1.82, 2.24) is 5.32 Å². The Morgan fingerprint density at radius 1 is 1.17 bits per heavy atom. The lowest BCUT2D eigenvalue weighted by atomic mass is 10.0. The summed E-state index contributed by atoms with van der Waals surface area (Å²) in [5.41, 5.74) is 1.25. The Kier molecular flexibility index (Phi) is 5.84. The Bertz CT molecular complexity index is 1110. The molecule has 1 fully saturated rings. The van der Waals surface area contributed by atoms with E-state index < -0.39 is 17.8 Å². The van der Waals surface area contributed by atoms with Crippen LogP contribution in [0.5, 0.6) is 11.5 Å². The van der Waals surface area contributed by atoms with E-state index in [1.165, 1.54) is 44.6 Å². The highest BCUT2D eigenvalue weighted by Gasteiger charge is 2.35. The molecule has 30 heavy (non-hydrogen) atoms. The van der Waals surface area contributed by atoms with E-state index in [0.29, 0.717) is 22.6 Å². The first-order valence-electron chi connectivity index (χ1n) is 8.75. The largest absolute Gasteiger partial charge is 0.496 e. The number of hydrogen-bond acceptors (Lipinski definition) is 6. The third-order valence-electron chi connectivity index (χ3n) is 4.56.